The standard InChI is InChI=1S/C29H42INO4Si/c1-24(13-11-12-22-34-29(23-30)18-20-31(21-19-29)27(32)33)35-36(28(2,3)4,25-14-7-5-8-15-25)26-16-9-6-10-17-26/h5-10,14-17,24H,11-13,18-23H2,1-4H3,(H,32,33). The van der Waals surface area contributed by atoms with E-state index in [2.05, 4.69) is 111 Å². The summed E-state index contributed by atoms with van der Waals surface area (Å²) in [5.41, 5.74) is -0.191. The van der Waals surface area contributed by atoms with E-state index in [1.54, 1.807) is 0 Å². The number of likely N-dealkylation sites (tertiary alicyclic amines) is 1. The molecule has 0 radical (unpaired) electrons. The maximum Gasteiger partial charge on any atom is 0.407 e. The molecule has 0 spiro atoms. The van der Waals surface area contributed by atoms with Crippen molar-refractivity contribution in [1.82, 2.24) is 4.90 Å². The quantitative estimate of drug-likeness (QED) is 0.143. The molecule has 0 saturated carbocycles. The second kappa shape index (κ2) is 12.9. The number of benzene rings is 2. The summed E-state index contributed by atoms with van der Waals surface area (Å²) in [6, 6.07) is 21.6. The Morgan fingerprint density at radius 2 is 1.56 bits per heavy atom. The molecular weight excluding hydrogens is 581 g/mol. The van der Waals surface area contributed by atoms with Gasteiger partial charge in [-0.15, -0.1) is 0 Å². The van der Waals surface area contributed by atoms with Gasteiger partial charge in [0.2, 0.25) is 0 Å². The van der Waals surface area contributed by atoms with Crippen molar-refractivity contribution in [3.63, 3.8) is 0 Å². The Hall–Kier alpha value is -1.42. The van der Waals surface area contributed by atoms with E-state index >= 15 is 0 Å². The lowest BCUT2D eigenvalue weighted by atomic mass is 9.93. The van der Waals surface area contributed by atoms with Gasteiger partial charge >= 0.3 is 6.09 Å². The van der Waals surface area contributed by atoms with Crippen molar-refractivity contribution in [3.05, 3.63) is 60.7 Å². The first-order valence-electron chi connectivity index (χ1n) is 13.1. The molecule has 1 heterocycles. The topological polar surface area (TPSA) is 59.0 Å². The summed E-state index contributed by atoms with van der Waals surface area (Å²) in [4.78, 5) is 12.7. The van der Waals surface area contributed by atoms with E-state index in [0.29, 0.717) is 19.7 Å². The van der Waals surface area contributed by atoms with Gasteiger partial charge in [-0.1, -0.05) is 104 Å². The summed E-state index contributed by atoms with van der Waals surface area (Å²) in [7, 11) is -2.53. The Bertz CT molecular complexity index is 903. The van der Waals surface area contributed by atoms with Gasteiger partial charge in [0.05, 0.1) is 5.60 Å². The molecule has 1 N–H and O–H groups in total. The molecule has 7 heteroatoms. The second-order valence-electron chi connectivity index (χ2n) is 11.0. The molecule has 0 aliphatic carbocycles. The fourth-order valence-electron chi connectivity index (χ4n) is 5.30. The molecule has 2 aromatic rings. The summed E-state index contributed by atoms with van der Waals surface area (Å²) in [5, 5.41) is 11.8. The average molecular weight is 624 g/mol. The first-order chi connectivity index (χ1) is 17.1. The van der Waals surface area contributed by atoms with Crippen LogP contribution >= 0.6 is 22.6 Å². The number of carbonyl (C=O) groups is 1. The number of hydrogen-bond donors (Lipinski definition) is 1. The molecular formula is C29H42INO4Si. The Kier molecular flexibility index (Phi) is 10.4. The lowest BCUT2D eigenvalue weighted by Crippen LogP contribution is -2.67. The van der Waals surface area contributed by atoms with Crippen molar-refractivity contribution in [2.75, 3.05) is 24.1 Å². The molecule has 0 aromatic heterocycles. The van der Waals surface area contributed by atoms with E-state index in [9.17, 15) is 9.90 Å². The SMILES string of the molecule is CC(CCCCOC1(CI)CCN(C(=O)O)CC1)O[Si](c1ccccc1)(c1ccccc1)C(C)(C)C. The monoisotopic (exact) mass is 623 g/mol. The van der Waals surface area contributed by atoms with Gasteiger partial charge in [0, 0.05) is 30.2 Å². The van der Waals surface area contributed by atoms with E-state index in [1.165, 1.54) is 15.3 Å². The van der Waals surface area contributed by atoms with Gasteiger partial charge in [0.1, 0.15) is 0 Å². The van der Waals surface area contributed by atoms with Crippen LogP contribution < -0.4 is 10.4 Å². The Labute approximate surface area is 231 Å². The van der Waals surface area contributed by atoms with Gasteiger partial charge in [0.25, 0.3) is 8.32 Å². The zero-order valence-corrected chi connectivity index (χ0v) is 25.4. The number of piperidine rings is 1. The zero-order chi connectivity index (χ0) is 26.2. The van der Waals surface area contributed by atoms with Crippen LogP contribution in [0.1, 0.15) is 59.8 Å². The highest BCUT2D eigenvalue weighted by Gasteiger charge is 2.50. The van der Waals surface area contributed by atoms with Crippen molar-refractivity contribution in [3.8, 4) is 0 Å². The van der Waals surface area contributed by atoms with E-state index in [1.807, 2.05) is 0 Å². The predicted molar refractivity (Wildman–Crippen MR) is 158 cm³/mol. The summed E-state index contributed by atoms with van der Waals surface area (Å²) < 4.78 is 14.4. The van der Waals surface area contributed by atoms with Crippen LogP contribution in [0.3, 0.4) is 0 Å². The minimum absolute atomic E-state index is 0.0233. The lowest BCUT2D eigenvalue weighted by molar-refractivity contribution is -0.0631. The molecule has 3 rings (SSSR count). The number of rotatable bonds is 11. The second-order valence-corrected chi connectivity index (χ2v) is 16.0. The molecule has 1 fully saturated rings. The largest absolute Gasteiger partial charge is 0.465 e. The first kappa shape index (κ1) is 29.1. The minimum atomic E-state index is -2.53. The van der Waals surface area contributed by atoms with Gasteiger partial charge in [-0.05, 0) is 54.4 Å². The Morgan fingerprint density at radius 3 is 2.00 bits per heavy atom. The Balaban J connectivity index is 1.61. The molecule has 1 aliphatic rings. The van der Waals surface area contributed by atoms with Crippen LogP contribution in [0, 0.1) is 0 Å². The summed E-state index contributed by atoms with van der Waals surface area (Å²) in [5.74, 6) is 0. The van der Waals surface area contributed by atoms with E-state index in [4.69, 9.17) is 9.16 Å². The van der Waals surface area contributed by atoms with Crippen LogP contribution in [-0.2, 0) is 9.16 Å². The molecule has 2 aromatic carbocycles. The summed E-state index contributed by atoms with van der Waals surface area (Å²) in [6.45, 7) is 11.0. The van der Waals surface area contributed by atoms with Crippen molar-refractivity contribution in [2.45, 2.75) is 76.5 Å². The molecule has 1 unspecified atom stereocenters. The third-order valence-corrected chi connectivity index (χ3v) is 13.9. The Morgan fingerprint density at radius 1 is 1.03 bits per heavy atom. The highest BCUT2D eigenvalue weighted by atomic mass is 127. The van der Waals surface area contributed by atoms with Crippen molar-refractivity contribution < 1.29 is 19.1 Å². The highest BCUT2D eigenvalue weighted by Crippen LogP contribution is 2.38. The van der Waals surface area contributed by atoms with Gasteiger partial charge in [-0.2, -0.15) is 0 Å². The first-order valence-corrected chi connectivity index (χ1v) is 16.5. The summed E-state index contributed by atoms with van der Waals surface area (Å²) >= 11 is 2.38. The molecule has 1 atom stereocenters. The van der Waals surface area contributed by atoms with Crippen LogP contribution in [0.4, 0.5) is 4.79 Å². The predicted octanol–water partition coefficient (Wildman–Crippen LogP) is 6.09. The normalized spacial score (nSPS) is 17.1. The van der Waals surface area contributed by atoms with E-state index < -0.39 is 14.4 Å². The molecule has 198 valence electrons. The number of carboxylic acid groups (broad SMARTS) is 1. The number of alkyl halides is 1. The van der Waals surface area contributed by atoms with E-state index in [-0.39, 0.29) is 16.7 Å². The number of unbranched alkanes of at least 4 members (excludes halogenated alkanes) is 1. The molecule has 1 amide bonds. The van der Waals surface area contributed by atoms with Gasteiger partial charge in [-0.25, -0.2) is 4.79 Å². The van der Waals surface area contributed by atoms with Crippen molar-refractivity contribution in [2.24, 2.45) is 0 Å². The molecule has 1 aliphatic heterocycles. The van der Waals surface area contributed by atoms with Crippen LogP contribution in [0.5, 0.6) is 0 Å². The van der Waals surface area contributed by atoms with Gasteiger partial charge in [0.15, 0.2) is 0 Å². The molecule has 0 bridgehead atoms. The molecule has 36 heavy (non-hydrogen) atoms. The number of amides is 1. The van der Waals surface area contributed by atoms with Crippen LogP contribution in [0.25, 0.3) is 0 Å². The third kappa shape index (κ3) is 6.91. The average Bonchev–Trinajstić information content (AvgIpc) is 2.87. The van der Waals surface area contributed by atoms with Crippen molar-refractivity contribution >= 4 is 47.4 Å². The fourth-order valence-corrected chi connectivity index (χ4v) is 11.0. The summed E-state index contributed by atoms with van der Waals surface area (Å²) in [6.07, 6.45) is 3.86. The van der Waals surface area contributed by atoms with Gasteiger partial charge in [-0.3, -0.25) is 0 Å². The third-order valence-electron chi connectivity index (χ3n) is 7.40. The number of ether oxygens (including phenoxy) is 1. The molecule has 1 saturated heterocycles. The maximum absolute atomic E-state index is 11.2. The van der Waals surface area contributed by atoms with Gasteiger partial charge < -0.3 is 19.2 Å². The highest BCUT2D eigenvalue weighted by molar-refractivity contribution is 14.1. The van der Waals surface area contributed by atoms with Crippen LogP contribution in [0.15, 0.2) is 60.7 Å². The lowest BCUT2D eigenvalue weighted by Gasteiger charge is -2.44. The number of hydrogen-bond acceptors (Lipinski definition) is 3. The van der Waals surface area contributed by atoms with Crippen molar-refractivity contribution in [1.29, 1.82) is 0 Å². The number of nitrogens with zero attached hydrogens (tertiary/aromatic N) is 1. The van der Waals surface area contributed by atoms with Crippen LogP contribution in [-0.4, -0.2) is 60.2 Å². The molecule has 5 nitrogen and oxygen atoms in total. The number of halogens is 1. The fraction of sp³-hybridized carbons (Fsp3) is 0.552. The van der Waals surface area contributed by atoms with E-state index in [0.717, 1.165) is 36.5 Å². The zero-order valence-electron chi connectivity index (χ0n) is 22.2. The minimum Gasteiger partial charge on any atom is -0.465 e. The smallest absolute Gasteiger partial charge is 0.407 e. The maximum atomic E-state index is 11.2. The van der Waals surface area contributed by atoms with Crippen LogP contribution in [0.2, 0.25) is 5.04 Å².